The summed E-state index contributed by atoms with van der Waals surface area (Å²) in [5.74, 6) is -0.144. The second-order valence-corrected chi connectivity index (χ2v) is 32.7. The Morgan fingerprint density at radius 1 is 0.693 bits per heavy atom. The van der Waals surface area contributed by atoms with E-state index in [4.69, 9.17) is 27.8 Å². The molecule has 1 aliphatic heterocycles. The summed E-state index contributed by atoms with van der Waals surface area (Å²) in [6.07, 6.45) is 13.1. The molecule has 0 N–H and O–H groups in total. The van der Waals surface area contributed by atoms with E-state index in [0.29, 0.717) is 45.7 Å². The van der Waals surface area contributed by atoms with Gasteiger partial charge in [0.15, 0.2) is 5.79 Å². The Balaban J connectivity index is 1.31. The fraction of sp³-hybridized carbons (Fsp3) is 0.470. The summed E-state index contributed by atoms with van der Waals surface area (Å²) in [5, 5.41) is 4.32. The number of benzene rings is 5. The molecule has 2 aliphatic carbocycles. The molecule has 1 heterocycles. The fourth-order valence-corrected chi connectivity index (χ4v) is 22.1. The SMILES string of the molecule is C/C=C/CCCCC[C@H]1C=C2C(OCc3ccc(OC)cc3)C(C(=O)CCC23COC(C)(C)OC3)[C@@H]1C[C@@H](CO[Si](c1ccccc1)(c1ccccc1)C(C)(C)C)O[Si](c1ccccc1)(c1ccccc1)C(C)(C)C. The highest BCUT2D eigenvalue weighted by molar-refractivity contribution is 7.00. The van der Waals surface area contributed by atoms with Gasteiger partial charge in [-0.1, -0.05) is 206 Å². The number of ether oxygens (including phenoxy) is 4. The molecule has 5 aromatic rings. The predicted octanol–water partition coefficient (Wildman–Crippen LogP) is 12.9. The van der Waals surface area contributed by atoms with Gasteiger partial charge in [0.1, 0.15) is 11.5 Å². The molecule has 400 valence electrons. The van der Waals surface area contributed by atoms with Crippen molar-refractivity contribution in [2.24, 2.45) is 23.2 Å². The van der Waals surface area contributed by atoms with Crippen LogP contribution in [0.25, 0.3) is 0 Å². The van der Waals surface area contributed by atoms with Gasteiger partial charge in [-0.3, -0.25) is 4.79 Å². The third-order valence-electron chi connectivity index (χ3n) is 16.7. The standard InChI is InChI=1S/C66H86O7Si2/c1-11-12-13-14-15-20-29-51-44-59-62(69-46-50-38-40-52(68-10)41-39-50)61(60(67)42-43-66(59)48-70-65(8,9)71-49-66)58(51)45-53(73-75(64(5,6)7,56-34-25-18-26-35-56)57-36-27-19-28-37-57)47-72-74(63(2,3)4,54-30-21-16-22-31-54)55-32-23-17-24-33-55/h11-12,16-19,21-28,30-41,44,51,53,58,61-62H,13-15,20,29,42-43,45-49H2,1-10H3/b12-11+/t51-,53-,58+,61?,62?/m0/s1. The van der Waals surface area contributed by atoms with Crippen molar-refractivity contribution in [2.45, 2.75) is 148 Å². The summed E-state index contributed by atoms with van der Waals surface area (Å²) in [7, 11) is -4.59. The van der Waals surface area contributed by atoms with Gasteiger partial charge >= 0.3 is 0 Å². The molecule has 1 saturated carbocycles. The van der Waals surface area contributed by atoms with Crippen molar-refractivity contribution < 1.29 is 32.6 Å². The van der Waals surface area contributed by atoms with Crippen LogP contribution in [0.15, 0.2) is 169 Å². The molecule has 9 heteroatoms. The van der Waals surface area contributed by atoms with Crippen LogP contribution in [0.4, 0.5) is 0 Å². The lowest BCUT2D eigenvalue weighted by molar-refractivity contribution is -0.281. The van der Waals surface area contributed by atoms with Crippen molar-refractivity contribution >= 4 is 43.2 Å². The Bertz CT molecular complexity index is 2550. The van der Waals surface area contributed by atoms with Crippen LogP contribution in [0.2, 0.25) is 10.1 Å². The average molecular weight is 1050 g/mol. The Morgan fingerprint density at radius 2 is 1.21 bits per heavy atom. The smallest absolute Gasteiger partial charge is 0.261 e. The molecule has 0 radical (unpaired) electrons. The van der Waals surface area contributed by atoms with Crippen molar-refractivity contribution in [1.82, 2.24) is 0 Å². The summed E-state index contributed by atoms with van der Waals surface area (Å²) >= 11 is 0. The van der Waals surface area contributed by atoms with Gasteiger partial charge < -0.3 is 27.8 Å². The minimum Gasteiger partial charge on any atom is -0.497 e. The van der Waals surface area contributed by atoms with Crippen molar-refractivity contribution in [3.05, 3.63) is 175 Å². The van der Waals surface area contributed by atoms with E-state index in [0.717, 1.165) is 43.4 Å². The van der Waals surface area contributed by atoms with Crippen molar-refractivity contribution in [3.8, 4) is 5.75 Å². The van der Waals surface area contributed by atoms with Gasteiger partial charge in [0.05, 0.1) is 51.7 Å². The fourth-order valence-electron chi connectivity index (χ4n) is 12.8. The zero-order valence-electron chi connectivity index (χ0n) is 46.8. The lowest BCUT2D eigenvalue weighted by atomic mass is 9.63. The van der Waals surface area contributed by atoms with Gasteiger partial charge in [0, 0.05) is 11.8 Å². The van der Waals surface area contributed by atoms with E-state index in [1.807, 2.05) is 26.0 Å². The van der Waals surface area contributed by atoms with Crippen LogP contribution in [-0.2, 0) is 34.5 Å². The number of hydrogen-bond donors (Lipinski definition) is 0. The normalized spacial score (nSPS) is 21.4. The van der Waals surface area contributed by atoms with Gasteiger partial charge in [0.2, 0.25) is 0 Å². The maximum absolute atomic E-state index is 15.7. The number of carbonyl (C=O) groups excluding carboxylic acids is 1. The first-order chi connectivity index (χ1) is 36.0. The number of carbonyl (C=O) groups is 1. The highest BCUT2D eigenvalue weighted by atomic mass is 28.4. The first kappa shape index (κ1) is 56.5. The zero-order valence-corrected chi connectivity index (χ0v) is 48.8. The van der Waals surface area contributed by atoms with E-state index < -0.39 is 46.0 Å². The molecule has 3 aliphatic rings. The van der Waals surface area contributed by atoms with E-state index in [1.165, 1.54) is 26.3 Å². The van der Waals surface area contributed by atoms with Gasteiger partial charge in [-0.15, -0.1) is 0 Å². The van der Waals surface area contributed by atoms with Crippen LogP contribution in [0.5, 0.6) is 5.75 Å². The quantitative estimate of drug-likeness (QED) is 0.0412. The Hall–Kier alpha value is -4.72. The molecular weight excluding hydrogens is 961 g/mol. The summed E-state index contributed by atoms with van der Waals surface area (Å²) < 4.78 is 42.5. The summed E-state index contributed by atoms with van der Waals surface area (Å²) in [6.45, 7) is 21.8. The van der Waals surface area contributed by atoms with E-state index in [1.54, 1.807) is 7.11 Å². The number of fused-ring (bicyclic) bond motifs is 3. The number of methoxy groups -OCH3 is 1. The molecule has 5 atom stereocenters. The molecule has 8 rings (SSSR count). The van der Waals surface area contributed by atoms with Gasteiger partial charge in [0.25, 0.3) is 16.6 Å². The van der Waals surface area contributed by atoms with Crippen molar-refractivity contribution in [2.75, 3.05) is 26.9 Å². The Labute approximate surface area is 452 Å². The number of unbranched alkanes of at least 4 members (excludes halogenated alkanes) is 3. The molecule has 7 nitrogen and oxygen atoms in total. The molecule has 2 bridgehead atoms. The third-order valence-corrected chi connectivity index (χ3v) is 26.8. The predicted molar refractivity (Wildman–Crippen MR) is 311 cm³/mol. The van der Waals surface area contributed by atoms with E-state index in [2.05, 4.69) is 200 Å². The van der Waals surface area contributed by atoms with E-state index in [-0.39, 0.29) is 27.7 Å². The average Bonchev–Trinajstić information content (AvgIpc) is 3.50. The van der Waals surface area contributed by atoms with Gasteiger partial charge in [-0.2, -0.15) is 0 Å². The van der Waals surface area contributed by atoms with E-state index in [9.17, 15) is 0 Å². The van der Waals surface area contributed by atoms with Crippen LogP contribution in [0.3, 0.4) is 0 Å². The second-order valence-electron chi connectivity index (χ2n) is 24.1. The molecule has 1 spiro atoms. The molecule has 1 saturated heterocycles. The lowest BCUT2D eigenvalue weighted by Crippen LogP contribution is -2.69. The topological polar surface area (TPSA) is 72.5 Å². The van der Waals surface area contributed by atoms with Crippen LogP contribution in [0.1, 0.15) is 119 Å². The number of rotatable bonds is 21. The summed E-state index contributed by atoms with van der Waals surface area (Å²) in [6, 6.07) is 52.0. The second kappa shape index (κ2) is 24.3. The zero-order chi connectivity index (χ0) is 53.3. The van der Waals surface area contributed by atoms with Crippen molar-refractivity contribution in [1.29, 1.82) is 0 Å². The minimum atomic E-state index is -3.20. The van der Waals surface area contributed by atoms with Crippen LogP contribution < -0.4 is 25.5 Å². The number of ketones is 1. The maximum Gasteiger partial charge on any atom is 0.261 e. The molecule has 0 aromatic heterocycles. The largest absolute Gasteiger partial charge is 0.497 e. The van der Waals surface area contributed by atoms with Gasteiger partial charge in [-0.05, 0) is 119 Å². The van der Waals surface area contributed by atoms with Crippen LogP contribution in [0, 0.1) is 23.2 Å². The first-order valence-electron chi connectivity index (χ1n) is 27.9. The highest BCUT2D eigenvalue weighted by Gasteiger charge is 2.58. The first-order valence-corrected chi connectivity index (χ1v) is 31.7. The molecular formula is C66H86O7Si2. The molecule has 75 heavy (non-hydrogen) atoms. The van der Waals surface area contributed by atoms with Crippen molar-refractivity contribution in [3.63, 3.8) is 0 Å². The van der Waals surface area contributed by atoms with Gasteiger partial charge in [-0.25, -0.2) is 0 Å². The minimum absolute atomic E-state index is 0.0690. The van der Waals surface area contributed by atoms with E-state index >= 15 is 4.79 Å². The third kappa shape index (κ3) is 12.4. The monoisotopic (exact) mass is 1050 g/mol. The Morgan fingerprint density at radius 3 is 1.71 bits per heavy atom. The molecule has 2 unspecified atom stereocenters. The highest BCUT2D eigenvalue weighted by Crippen LogP contribution is 2.54. The number of hydrogen-bond acceptors (Lipinski definition) is 7. The molecule has 0 amide bonds. The summed E-state index contributed by atoms with van der Waals surface area (Å²) in [5.41, 5.74) is 1.69. The lowest BCUT2D eigenvalue weighted by Gasteiger charge is -2.50. The van der Waals surface area contributed by atoms with Crippen LogP contribution >= 0.6 is 0 Å². The number of Topliss-reactive ketones (excluding diaryl/α,β-unsaturated/α-hetero) is 1. The molecule has 2 fully saturated rings. The number of allylic oxidation sites excluding steroid dienone is 3. The maximum atomic E-state index is 15.7. The van der Waals surface area contributed by atoms with Crippen LogP contribution in [-0.4, -0.2) is 67.3 Å². The summed E-state index contributed by atoms with van der Waals surface area (Å²) in [4.78, 5) is 15.7. The molecule has 5 aromatic carbocycles. The Kier molecular flexibility index (Phi) is 18.3.